The highest BCUT2D eigenvalue weighted by Crippen LogP contribution is 2.24. The van der Waals surface area contributed by atoms with Crippen molar-refractivity contribution in [2.75, 3.05) is 11.9 Å². The molecular formula is C21H19N3O4S. The lowest BCUT2D eigenvalue weighted by Gasteiger charge is -2.06. The Morgan fingerprint density at radius 3 is 2.38 bits per heavy atom. The van der Waals surface area contributed by atoms with E-state index in [9.17, 15) is 14.4 Å². The first kappa shape index (κ1) is 20.2. The summed E-state index contributed by atoms with van der Waals surface area (Å²) in [6, 6.07) is 14.0. The van der Waals surface area contributed by atoms with E-state index in [4.69, 9.17) is 10.5 Å². The molecule has 148 valence electrons. The molecular weight excluding hydrogens is 390 g/mol. The second-order valence-corrected chi connectivity index (χ2v) is 7.01. The average molecular weight is 409 g/mol. The van der Waals surface area contributed by atoms with Crippen molar-refractivity contribution in [3.63, 3.8) is 0 Å². The maximum absolute atomic E-state index is 12.2. The molecule has 0 unspecified atom stereocenters. The molecule has 7 nitrogen and oxygen atoms in total. The molecule has 2 aromatic carbocycles. The van der Waals surface area contributed by atoms with E-state index < -0.39 is 24.4 Å². The number of anilines is 1. The van der Waals surface area contributed by atoms with Crippen LogP contribution in [0.1, 0.15) is 33.3 Å². The zero-order valence-electron chi connectivity index (χ0n) is 15.7. The lowest BCUT2D eigenvalue weighted by Crippen LogP contribution is -2.21. The Bertz CT molecular complexity index is 1030. The van der Waals surface area contributed by atoms with Gasteiger partial charge in [0.25, 0.3) is 5.91 Å². The van der Waals surface area contributed by atoms with Crippen LogP contribution in [0, 0.1) is 0 Å². The quantitative estimate of drug-likeness (QED) is 0.582. The third-order valence-electron chi connectivity index (χ3n) is 4.11. The van der Waals surface area contributed by atoms with Crippen molar-refractivity contribution in [3.05, 3.63) is 70.7 Å². The first-order valence-electron chi connectivity index (χ1n) is 8.88. The van der Waals surface area contributed by atoms with Gasteiger partial charge in [-0.2, -0.15) is 0 Å². The van der Waals surface area contributed by atoms with Crippen molar-refractivity contribution in [3.8, 4) is 10.6 Å². The molecule has 0 radical (unpaired) electrons. The molecule has 2 amide bonds. The fourth-order valence-electron chi connectivity index (χ4n) is 2.50. The molecule has 29 heavy (non-hydrogen) atoms. The third-order valence-corrected chi connectivity index (χ3v) is 5.00. The molecule has 0 aliphatic rings. The van der Waals surface area contributed by atoms with Crippen LogP contribution >= 0.6 is 11.3 Å². The van der Waals surface area contributed by atoms with Crippen LogP contribution in [0.2, 0.25) is 0 Å². The van der Waals surface area contributed by atoms with Crippen LogP contribution in [0.25, 0.3) is 10.6 Å². The number of amides is 2. The van der Waals surface area contributed by atoms with Crippen molar-refractivity contribution in [2.24, 2.45) is 5.73 Å². The van der Waals surface area contributed by atoms with Crippen LogP contribution in [0.4, 0.5) is 5.69 Å². The van der Waals surface area contributed by atoms with Gasteiger partial charge >= 0.3 is 5.97 Å². The molecule has 0 saturated heterocycles. The van der Waals surface area contributed by atoms with Gasteiger partial charge in [-0.15, -0.1) is 11.3 Å². The predicted molar refractivity (Wildman–Crippen MR) is 111 cm³/mol. The number of benzene rings is 2. The Labute approximate surface area is 171 Å². The SMILES string of the molecule is CCc1ccc(-c2nc(C(=O)OCC(=O)Nc3ccc(C(N)=O)cc3)cs2)cc1. The van der Waals surface area contributed by atoms with Crippen molar-refractivity contribution in [2.45, 2.75) is 13.3 Å². The smallest absolute Gasteiger partial charge is 0.358 e. The van der Waals surface area contributed by atoms with Gasteiger partial charge in [0, 0.05) is 22.2 Å². The van der Waals surface area contributed by atoms with Crippen LogP contribution in [0.15, 0.2) is 53.9 Å². The Balaban J connectivity index is 1.54. The number of nitrogens with two attached hydrogens (primary N) is 1. The van der Waals surface area contributed by atoms with E-state index in [1.807, 2.05) is 24.3 Å². The number of esters is 1. The van der Waals surface area contributed by atoms with Crippen LogP contribution in [0.3, 0.4) is 0 Å². The number of hydrogen-bond acceptors (Lipinski definition) is 6. The largest absolute Gasteiger partial charge is 0.451 e. The summed E-state index contributed by atoms with van der Waals surface area (Å²) in [5.41, 5.74) is 8.25. The minimum atomic E-state index is -0.670. The van der Waals surface area contributed by atoms with E-state index in [1.54, 1.807) is 5.38 Å². The van der Waals surface area contributed by atoms with Gasteiger partial charge in [0.05, 0.1) is 0 Å². The minimum absolute atomic E-state index is 0.156. The molecule has 1 aromatic heterocycles. The van der Waals surface area contributed by atoms with E-state index in [1.165, 1.54) is 41.2 Å². The molecule has 0 aliphatic heterocycles. The Kier molecular flexibility index (Phi) is 6.36. The molecule has 0 aliphatic carbocycles. The van der Waals surface area contributed by atoms with Crippen molar-refractivity contribution >= 4 is 34.8 Å². The number of carbonyl (C=O) groups excluding carboxylic acids is 3. The summed E-state index contributed by atoms with van der Waals surface area (Å²) in [6.07, 6.45) is 0.951. The first-order valence-corrected chi connectivity index (χ1v) is 9.76. The molecule has 3 aromatic rings. The second-order valence-electron chi connectivity index (χ2n) is 6.15. The molecule has 1 heterocycles. The van der Waals surface area contributed by atoms with Gasteiger partial charge in [-0.05, 0) is 36.2 Å². The number of primary amides is 1. The van der Waals surface area contributed by atoms with Crippen LogP contribution in [0.5, 0.6) is 0 Å². The maximum Gasteiger partial charge on any atom is 0.358 e. The fourth-order valence-corrected chi connectivity index (χ4v) is 3.30. The number of nitrogens with zero attached hydrogens (tertiary/aromatic N) is 1. The maximum atomic E-state index is 12.2. The molecule has 3 N–H and O–H groups in total. The number of aromatic nitrogens is 1. The van der Waals surface area contributed by atoms with Crippen molar-refractivity contribution in [1.29, 1.82) is 0 Å². The average Bonchev–Trinajstić information content (AvgIpc) is 3.23. The summed E-state index contributed by atoms with van der Waals surface area (Å²) in [7, 11) is 0. The van der Waals surface area contributed by atoms with Gasteiger partial charge in [-0.1, -0.05) is 31.2 Å². The number of thiazole rings is 1. The van der Waals surface area contributed by atoms with Crippen LogP contribution in [-0.4, -0.2) is 29.4 Å². The number of aryl methyl sites for hydroxylation is 1. The number of nitrogens with one attached hydrogen (secondary N) is 1. The summed E-state index contributed by atoms with van der Waals surface area (Å²) in [4.78, 5) is 39.4. The predicted octanol–water partition coefficient (Wildman–Crippen LogP) is 3.27. The standard InChI is InChI=1S/C21H19N3O4S/c1-2-13-3-5-15(6-4-13)20-24-17(12-29-20)21(27)28-11-18(25)23-16-9-7-14(8-10-16)19(22)26/h3-10,12H,2,11H2,1H3,(H2,22,26)(H,23,25). The highest BCUT2D eigenvalue weighted by molar-refractivity contribution is 7.13. The summed E-state index contributed by atoms with van der Waals surface area (Å²) < 4.78 is 5.03. The van der Waals surface area contributed by atoms with E-state index in [-0.39, 0.29) is 5.69 Å². The summed E-state index contributed by atoms with van der Waals surface area (Å²) in [5.74, 6) is -1.73. The third kappa shape index (κ3) is 5.26. The molecule has 0 fully saturated rings. The lowest BCUT2D eigenvalue weighted by atomic mass is 10.1. The van der Waals surface area contributed by atoms with E-state index >= 15 is 0 Å². The summed E-state index contributed by atoms with van der Waals surface area (Å²) in [5, 5.41) is 4.88. The number of carbonyl (C=O) groups is 3. The number of hydrogen-bond donors (Lipinski definition) is 2. The molecule has 0 spiro atoms. The Morgan fingerprint density at radius 1 is 1.07 bits per heavy atom. The van der Waals surface area contributed by atoms with Crippen molar-refractivity contribution in [1.82, 2.24) is 4.98 Å². The zero-order valence-corrected chi connectivity index (χ0v) is 16.5. The molecule has 8 heteroatoms. The van der Waals surface area contributed by atoms with Gasteiger partial charge < -0.3 is 15.8 Å². The topological polar surface area (TPSA) is 111 Å². The highest BCUT2D eigenvalue weighted by Gasteiger charge is 2.15. The molecule has 0 bridgehead atoms. The van der Waals surface area contributed by atoms with Gasteiger partial charge in [0.2, 0.25) is 5.91 Å². The number of rotatable bonds is 7. The van der Waals surface area contributed by atoms with Gasteiger partial charge in [-0.3, -0.25) is 9.59 Å². The minimum Gasteiger partial charge on any atom is -0.451 e. The Hall–Kier alpha value is -3.52. The van der Waals surface area contributed by atoms with Crippen LogP contribution < -0.4 is 11.1 Å². The highest BCUT2D eigenvalue weighted by atomic mass is 32.1. The van der Waals surface area contributed by atoms with Gasteiger partial charge in [-0.25, -0.2) is 9.78 Å². The molecule has 0 atom stereocenters. The van der Waals surface area contributed by atoms with Gasteiger partial charge in [0.15, 0.2) is 12.3 Å². The Morgan fingerprint density at radius 2 is 1.76 bits per heavy atom. The second kappa shape index (κ2) is 9.11. The van der Waals surface area contributed by atoms with E-state index in [2.05, 4.69) is 17.2 Å². The summed E-state index contributed by atoms with van der Waals surface area (Å²) in [6.45, 7) is 1.63. The first-order chi connectivity index (χ1) is 14.0. The number of ether oxygens (including phenoxy) is 1. The lowest BCUT2D eigenvalue weighted by molar-refractivity contribution is -0.119. The molecule has 3 rings (SSSR count). The van der Waals surface area contributed by atoms with E-state index in [0.717, 1.165) is 12.0 Å². The fraction of sp³-hybridized carbons (Fsp3) is 0.143. The normalized spacial score (nSPS) is 10.4. The van der Waals surface area contributed by atoms with Crippen molar-refractivity contribution < 1.29 is 19.1 Å². The monoisotopic (exact) mass is 409 g/mol. The van der Waals surface area contributed by atoms with Gasteiger partial charge in [0.1, 0.15) is 5.01 Å². The van der Waals surface area contributed by atoms with E-state index in [0.29, 0.717) is 16.3 Å². The zero-order chi connectivity index (χ0) is 20.8. The summed E-state index contributed by atoms with van der Waals surface area (Å²) >= 11 is 1.33. The van der Waals surface area contributed by atoms with Crippen LogP contribution in [-0.2, 0) is 16.0 Å². The molecule has 0 saturated carbocycles.